The summed E-state index contributed by atoms with van der Waals surface area (Å²) in [6.45, 7) is 3.58. The topological polar surface area (TPSA) is 53.4 Å². The summed E-state index contributed by atoms with van der Waals surface area (Å²) in [7, 11) is 1.64. The van der Waals surface area contributed by atoms with E-state index < -0.39 is 5.60 Å². The number of nitrogens with zero attached hydrogens (tertiary/aromatic N) is 2. The molecule has 0 aliphatic rings. The smallest absolute Gasteiger partial charge is 0.272 e. The van der Waals surface area contributed by atoms with Crippen LogP contribution >= 0.6 is 15.9 Å². The first-order valence-electron chi connectivity index (χ1n) is 4.90. The molecule has 0 saturated carbocycles. The van der Waals surface area contributed by atoms with Crippen LogP contribution in [0.2, 0.25) is 0 Å². The van der Waals surface area contributed by atoms with Crippen LogP contribution in [0, 0.1) is 0 Å². The molecule has 1 rings (SSSR count). The fourth-order valence-electron chi connectivity index (χ4n) is 1.38. The molecule has 4 nitrogen and oxygen atoms in total. The Bertz CT molecular complexity index is 388. The summed E-state index contributed by atoms with van der Waals surface area (Å²) in [5.41, 5.74) is -0.544. The number of pyridine rings is 1. The molecule has 0 unspecified atom stereocenters. The predicted molar refractivity (Wildman–Crippen MR) is 65.2 cm³/mol. The first-order valence-corrected chi connectivity index (χ1v) is 5.69. The van der Waals surface area contributed by atoms with E-state index in [1.165, 1.54) is 4.90 Å². The van der Waals surface area contributed by atoms with Crippen molar-refractivity contribution in [3.05, 3.63) is 28.5 Å². The van der Waals surface area contributed by atoms with E-state index in [4.69, 9.17) is 0 Å². The average molecular weight is 287 g/mol. The molecule has 0 aromatic carbocycles. The van der Waals surface area contributed by atoms with Gasteiger partial charge in [-0.15, -0.1) is 0 Å². The molecule has 0 radical (unpaired) electrons. The van der Waals surface area contributed by atoms with Crippen LogP contribution in [-0.4, -0.2) is 40.1 Å². The van der Waals surface area contributed by atoms with Crippen LogP contribution < -0.4 is 0 Å². The van der Waals surface area contributed by atoms with E-state index in [2.05, 4.69) is 20.9 Å². The molecule has 0 fully saturated rings. The molecule has 5 heteroatoms. The lowest BCUT2D eigenvalue weighted by Crippen LogP contribution is -2.40. The SMILES string of the molecule is CN(CC(C)(C)O)C(=O)c1cccc(Br)n1. The van der Waals surface area contributed by atoms with Crippen molar-refractivity contribution in [1.29, 1.82) is 0 Å². The molecule has 0 aliphatic carbocycles. The standard InChI is InChI=1S/C11H15BrN2O2/c1-11(2,16)7-14(3)10(15)8-5-4-6-9(12)13-8/h4-6,16H,7H2,1-3H3. The summed E-state index contributed by atoms with van der Waals surface area (Å²) < 4.78 is 0.620. The van der Waals surface area contributed by atoms with E-state index in [-0.39, 0.29) is 12.5 Å². The van der Waals surface area contributed by atoms with Gasteiger partial charge in [0.1, 0.15) is 10.3 Å². The van der Waals surface area contributed by atoms with E-state index in [1.807, 2.05) is 0 Å². The quantitative estimate of drug-likeness (QED) is 0.861. The summed E-state index contributed by atoms with van der Waals surface area (Å²) in [5, 5.41) is 9.61. The Balaban J connectivity index is 2.78. The summed E-state index contributed by atoms with van der Waals surface area (Å²) in [6, 6.07) is 5.16. The third-order valence-corrected chi connectivity index (χ3v) is 2.35. The van der Waals surface area contributed by atoms with Crippen LogP contribution in [0.25, 0.3) is 0 Å². The van der Waals surface area contributed by atoms with E-state index in [0.29, 0.717) is 10.3 Å². The molecule has 0 atom stereocenters. The van der Waals surface area contributed by atoms with Crippen LogP contribution in [0.3, 0.4) is 0 Å². The Hall–Kier alpha value is -0.940. The summed E-state index contributed by atoms with van der Waals surface area (Å²) in [6.07, 6.45) is 0. The molecule has 0 aliphatic heterocycles. The van der Waals surface area contributed by atoms with Gasteiger partial charge < -0.3 is 10.0 Å². The monoisotopic (exact) mass is 286 g/mol. The van der Waals surface area contributed by atoms with Crippen molar-refractivity contribution in [3.8, 4) is 0 Å². The molecule has 1 N–H and O–H groups in total. The lowest BCUT2D eigenvalue weighted by Gasteiger charge is -2.25. The van der Waals surface area contributed by atoms with E-state index in [0.717, 1.165) is 0 Å². The first kappa shape index (κ1) is 13.1. The number of aromatic nitrogens is 1. The molecule has 1 heterocycles. The summed E-state index contributed by atoms with van der Waals surface area (Å²) in [5.74, 6) is -0.205. The number of carbonyl (C=O) groups is 1. The van der Waals surface area contributed by atoms with Gasteiger partial charge in [-0.2, -0.15) is 0 Å². The Kier molecular flexibility index (Phi) is 4.04. The molecule has 16 heavy (non-hydrogen) atoms. The third-order valence-electron chi connectivity index (χ3n) is 1.91. The first-order chi connectivity index (χ1) is 7.29. The third kappa shape index (κ3) is 3.90. The lowest BCUT2D eigenvalue weighted by molar-refractivity contribution is 0.0365. The minimum absolute atomic E-state index is 0.205. The minimum Gasteiger partial charge on any atom is -0.389 e. The van der Waals surface area contributed by atoms with Crippen LogP contribution in [0.1, 0.15) is 24.3 Å². The second kappa shape index (κ2) is 4.93. The van der Waals surface area contributed by atoms with Crippen LogP contribution in [0.15, 0.2) is 22.8 Å². The van der Waals surface area contributed by atoms with E-state index in [1.54, 1.807) is 39.1 Å². The minimum atomic E-state index is -0.906. The molecular weight excluding hydrogens is 272 g/mol. The molecule has 0 bridgehead atoms. The number of hydrogen-bond acceptors (Lipinski definition) is 3. The maximum absolute atomic E-state index is 11.9. The van der Waals surface area contributed by atoms with Gasteiger partial charge in [-0.1, -0.05) is 6.07 Å². The zero-order valence-corrected chi connectivity index (χ0v) is 11.2. The predicted octanol–water partition coefficient (Wildman–Crippen LogP) is 1.69. The van der Waals surface area contributed by atoms with E-state index in [9.17, 15) is 9.90 Å². The van der Waals surface area contributed by atoms with Gasteiger partial charge >= 0.3 is 0 Å². The summed E-state index contributed by atoms with van der Waals surface area (Å²) >= 11 is 3.21. The maximum Gasteiger partial charge on any atom is 0.272 e. The van der Waals surface area contributed by atoms with Gasteiger partial charge in [0.25, 0.3) is 5.91 Å². The highest BCUT2D eigenvalue weighted by Gasteiger charge is 2.21. The highest BCUT2D eigenvalue weighted by Crippen LogP contribution is 2.10. The van der Waals surface area contributed by atoms with Crippen molar-refractivity contribution in [2.75, 3.05) is 13.6 Å². The number of likely N-dealkylation sites (N-methyl/N-ethyl adjacent to an activating group) is 1. The van der Waals surface area contributed by atoms with Gasteiger partial charge in [0.2, 0.25) is 0 Å². The Morgan fingerprint density at radius 2 is 2.19 bits per heavy atom. The van der Waals surface area contributed by atoms with Crippen LogP contribution in [-0.2, 0) is 0 Å². The van der Waals surface area contributed by atoms with Crippen LogP contribution in [0.4, 0.5) is 0 Å². The number of hydrogen-bond donors (Lipinski definition) is 1. The van der Waals surface area contributed by atoms with Gasteiger partial charge in [-0.05, 0) is 41.9 Å². The highest BCUT2D eigenvalue weighted by molar-refractivity contribution is 9.10. The molecule has 88 valence electrons. The number of rotatable bonds is 3. The van der Waals surface area contributed by atoms with Gasteiger partial charge in [0.05, 0.1) is 5.60 Å². The zero-order chi connectivity index (χ0) is 12.3. The fourth-order valence-corrected chi connectivity index (χ4v) is 1.72. The average Bonchev–Trinajstić information content (AvgIpc) is 2.14. The normalized spacial score (nSPS) is 11.3. The van der Waals surface area contributed by atoms with Crippen LogP contribution in [0.5, 0.6) is 0 Å². The number of carbonyl (C=O) groups excluding carboxylic acids is 1. The Labute approximate surface area is 103 Å². The second-order valence-corrected chi connectivity index (χ2v) is 5.13. The van der Waals surface area contributed by atoms with Gasteiger partial charge in [0.15, 0.2) is 0 Å². The van der Waals surface area contributed by atoms with Gasteiger partial charge in [-0.3, -0.25) is 4.79 Å². The number of aliphatic hydroxyl groups is 1. The fraction of sp³-hybridized carbons (Fsp3) is 0.455. The zero-order valence-electron chi connectivity index (χ0n) is 9.57. The van der Waals surface area contributed by atoms with Crippen molar-refractivity contribution in [1.82, 2.24) is 9.88 Å². The van der Waals surface area contributed by atoms with Crippen molar-refractivity contribution in [3.63, 3.8) is 0 Å². The molecule has 1 aromatic rings. The largest absolute Gasteiger partial charge is 0.389 e. The molecule has 0 spiro atoms. The van der Waals surface area contributed by atoms with Crippen molar-refractivity contribution in [2.24, 2.45) is 0 Å². The summed E-state index contributed by atoms with van der Waals surface area (Å²) in [4.78, 5) is 17.4. The molecule has 0 saturated heterocycles. The van der Waals surface area contributed by atoms with Gasteiger partial charge in [-0.25, -0.2) is 4.98 Å². The highest BCUT2D eigenvalue weighted by atomic mass is 79.9. The molecule has 1 aromatic heterocycles. The Morgan fingerprint density at radius 3 is 2.69 bits per heavy atom. The molecule has 1 amide bonds. The second-order valence-electron chi connectivity index (χ2n) is 4.32. The van der Waals surface area contributed by atoms with Crippen molar-refractivity contribution < 1.29 is 9.90 Å². The van der Waals surface area contributed by atoms with Gasteiger partial charge in [0, 0.05) is 13.6 Å². The lowest BCUT2D eigenvalue weighted by atomic mass is 10.1. The van der Waals surface area contributed by atoms with Crippen molar-refractivity contribution in [2.45, 2.75) is 19.4 Å². The van der Waals surface area contributed by atoms with E-state index >= 15 is 0 Å². The Morgan fingerprint density at radius 1 is 1.56 bits per heavy atom. The number of amides is 1. The maximum atomic E-state index is 11.9. The molecular formula is C11H15BrN2O2. The number of halogens is 1. The van der Waals surface area contributed by atoms with Crippen molar-refractivity contribution >= 4 is 21.8 Å².